The Morgan fingerprint density at radius 1 is 1.06 bits per heavy atom. The summed E-state index contributed by atoms with van der Waals surface area (Å²) < 4.78 is 39.3. The van der Waals surface area contributed by atoms with Crippen molar-refractivity contribution in [3.8, 4) is 5.75 Å². The Balaban J connectivity index is 1.69. The minimum Gasteiger partial charge on any atom is -0.497 e. The number of thiazole rings is 1. The van der Waals surface area contributed by atoms with Crippen molar-refractivity contribution < 1.29 is 27.5 Å². The molecule has 1 fully saturated rings. The Kier molecular flexibility index (Phi) is 6.63. The second-order valence-electron chi connectivity index (χ2n) is 7.43. The number of carbonyl (C=O) groups is 2. The van der Waals surface area contributed by atoms with E-state index >= 15 is 0 Å². The van der Waals surface area contributed by atoms with Crippen molar-refractivity contribution in [3.63, 3.8) is 0 Å². The fourth-order valence-corrected chi connectivity index (χ4v) is 6.18. The predicted molar refractivity (Wildman–Crippen MR) is 123 cm³/mol. The van der Waals surface area contributed by atoms with E-state index in [1.807, 2.05) is 0 Å². The van der Waals surface area contributed by atoms with Crippen LogP contribution in [0, 0.1) is 0 Å². The molecule has 1 aliphatic rings. The van der Waals surface area contributed by atoms with Gasteiger partial charge in [-0.3, -0.25) is 9.59 Å². The highest BCUT2D eigenvalue weighted by Crippen LogP contribution is 2.24. The molecule has 0 saturated carbocycles. The van der Waals surface area contributed by atoms with Gasteiger partial charge in [0.15, 0.2) is 4.80 Å². The Morgan fingerprint density at radius 2 is 1.76 bits per heavy atom. The molecule has 0 bridgehead atoms. The molecule has 2 aromatic carbocycles. The zero-order valence-electron chi connectivity index (χ0n) is 18.2. The van der Waals surface area contributed by atoms with Crippen molar-refractivity contribution in [2.45, 2.75) is 24.3 Å². The van der Waals surface area contributed by atoms with Gasteiger partial charge in [-0.25, -0.2) is 8.42 Å². The van der Waals surface area contributed by atoms with Crippen molar-refractivity contribution in [1.29, 1.82) is 0 Å². The molecule has 1 aromatic heterocycles. The third kappa shape index (κ3) is 4.70. The summed E-state index contributed by atoms with van der Waals surface area (Å²) in [6, 6.07) is 11.1. The van der Waals surface area contributed by atoms with Crippen LogP contribution in [0.1, 0.15) is 23.2 Å². The molecule has 1 saturated heterocycles. The molecule has 0 unspecified atom stereocenters. The molecule has 1 amide bonds. The van der Waals surface area contributed by atoms with Crippen LogP contribution in [0.4, 0.5) is 0 Å². The number of ether oxygens (including phenoxy) is 2. The number of fused-ring (bicyclic) bond motifs is 1. The number of aromatic nitrogens is 1. The number of carbonyl (C=O) groups excluding carboxylic acids is 2. The summed E-state index contributed by atoms with van der Waals surface area (Å²) in [5.74, 6) is -0.380. The van der Waals surface area contributed by atoms with Gasteiger partial charge in [-0.1, -0.05) is 11.3 Å². The molecule has 0 radical (unpaired) electrons. The summed E-state index contributed by atoms with van der Waals surface area (Å²) in [7, 11) is -0.714. The zero-order chi connectivity index (χ0) is 23.6. The van der Waals surface area contributed by atoms with Crippen molar-refractivity contribution in [3.05, 3.63) is 52.8 Å². The lowest BCUT2D eigenvalue weighted by Crippen LogP contribution is -2.27. The molecule has 9 nitrogen and oxygen atoms in total. The van der Waals surface area contributed by atoms with E-state index in [1.165, 1.54) is 47.0 Å². The van der Waals surface area contributed by atoms with Crippen LogP contribution in [0.15, 0.2) is 52.4 Å². The van der Waals surface area contributed by atoms with Crippen LogP contribution >= 0.6 is 11.3 Å². The number of esters is 1. The predicted octanol–water partition coefficient (Wildman–Crippen LogP) is 2.41. The van der Waals surface area contributed by atoms with Crippen LogP contribution in [0.25, 0.3) is 10.2 Å². The van der Waals surface area contributed by atoms with Gasteiger partial charge in [0.1, 0.15) is 12.3 Å². The Hall–Kier alpha value is -3.02. The SMILES string of the molecule is COC(=O)Cn1c(=NC(=O)c2ccc(S(=O)(=O)N3CCCC3)cc2)sc2cc(OC)ccc21. The first kappa shape index (κ1) is 23.1. The van der Waals surface area contributed by atoms with Gasteiger partial charge in [-0.2, -0.15) is 9.30 Å². The van der Waals surface area contributed by atoms with Gasteiger partial charge in [0, 0.05) is 18.7 Å². The van der Waals surface area contributed by atoms with Gasteiger partial charge in [-0.15, -0.1) is 0 Å². The number of benzene rings is 2. The second kappa shape index (κ2) is 9.46. The number of sulfonamides is 1. The van der Waals surface area contributed by atoms with Gasteiger partial charge in [0.25, 0.3) is 5.91 Å². The number of methoxy groups -OCH3 is 2. The summed E-state index contributed by atoms with van der Waals surface area (Å²) in [6.45, 7) is 0.909. The van der Waals surface area contributed by atoms with E-state index in [0.29, 0.717) is 29.2 Å². The largest absolute Gasteiger partial charge is 0.497 e. The number of nitrogens with zero attached hydrogens (tertiary/aromatic N) is 3. The maximum absolute atomic E-state index is 12.9. The van der Waals surface area contributed by atoms with E-state index in [2.05, 4.69) is 4.99 Å². The monoisotopic (exact) mass is 489 g/mol. The van der Waals surface area contributed by atoms with Crippen LogP contribution in [0.3, 0.4) is 0 Å². The van der Waals surface area contributed by atoms with Crippen molar-refractivity contribution >= 4 is 43.5 Å². The molecule has 4 rings (SSSR count). The van der Waals surface area contributed by atoms with Crippen molar-refractivity contribution in [2.75, 3.05) is 27.3 Å². The molecule has 0 spiro atoms. The number of hydrogen-bond donors (Lipinski definition) is 0. The second-order valence-corrected chi connectivity index (χ2v) is 10.4. The van der Waals surface area contributed by atoms with E-state index < -0.39 is 21.9 Å². The van der Waals surface area contributed by atoms with Gasteiger partial charge >= 0.3 is 5.97 Å². The third-order valence-electron chi connectivity index (χ3n) is 5.41. The lowest BCUT2D eigenvalue weighted by Gasteiger charge is -2.15. The maximum atomic E-state index is 12.9. The van der Waals surface area contributed by atoms with Crippen molar-refractivity contribution in [2.24, 2.45) is 4.99 Å². The average Bonchev–Trinajstić information content (AvgIpc) is 3.48. The highest BCUT2D eigenvalue weighted by atomic mass is 32.2. The minimum absolute atomic E-state index is 0.109. The lowest BCUT2D eigenvalue weighted by molar-refractivity contribution is -0.141. The van der Waals surface area contributed by atoms with Crippen molar-refractivity contribution in [1.82, 2.24) is 8.87 Å². The fourth-order valence-electron chi connectivity index (χ4n) is 3.61. The summed E-state index contributed by atoms with van der Waals surface area (Å²) in [4.78, 5) is 29.5. The maximum Gasteiger partial charge on any atom is 0.325 e. The van der Waals surface area contributed by atoms with Gasteiger partial charge in [0.05, 0.1) is 29.3 Å². The molecule has 33 heavy (non-hydrogen) atoms. The first-order chi connectivity index (χ1) is 15.8. The van der Waals surface area contributed by atoms with E-state index in [4.69, 9.17) is 9.47 Å². The lowest BCUT2D eigenvalue weighted by atomic mass is 10.2. The average molecular weight is 490 g/mol. The molecular weight excluding hydrogens is 466 g/mol. The Labute approximate surface area is 194 Å². The minimum atomic E-state index is -3.56. The van der Waals surface area contributed by atoms with Crippen LogP contribution in [0.2, 0.25) is 0 Å². The normalized spacial score (nSPS) is 15.2. The van der Waals surface area contributed by atoms with E-state index in [0.717, 1.165) is 17.5 Å². The van der Waals surface area contributed by atoms with Crippen LogP contribution in [-0.2, 0) is 26.1 Å². The van der Waals surface area contributed by atoms with E-state index in [1.54, 1.807) is 29.9 Å². The van der Waals surface area contributed by atoms with Crippen LogP contribution < -0.4 is 9.54 Å². The molecule has 3 aromatic rings. The smallest absolute Gasteiger partial charge is 0.325 e. The standard InChI is InChI=1S/C22H23N3O6S2/c1-30-16-7-10-18-19(13-16)32-22(25(18)14-20(26)31-2)23-21(27)15-5-8-17(9-6-15)33(28,29)24-11-3-4-12-24/h5-10,13H,3-4,11-12,14H2,1-2H3. The van der Waals surface area contributed by atoms with Gasteiger partial charge < -0.3 is 14.0 Å². The first-order valence-electron chi connectivity index (χ1n) is 10.3. The number of rotatable bonds is 6. The molecule has 0 aliphatic carbocycles. The molecule has 174 valence electrons. The van der Waals surface area contributed by atoms with Gasteiger partial charge in [0.2, 0.25) is 10.0 Å². The van der Waals surface area contributed by atoms with Crippen LogP contribution in [0.5, 0.6) is 5.75 Å². The van der Waals surface area contributed by atoms with Gasteiger partial charge in [-0.05, 0) is 55.3 Å². The highest BCUT2D eigenvalue weighted by molar-refractivity contribution is 7.89. The Morgan fingerprint density at radius 3 is 2.39 bits per heavy atom. The first-order valence-corrected chi connectivity index (χ1v) is 12.5. The Bertz CT molecular complexity index is 1370. The molecule has 11 heteroatoms. The molecule has 0 atom stereocenters. The topological polar surface area (TPSA) is 107 Å². The summed E-state index contributed by atoms with van der Waals surface area (Å²) >= 11 is 1.24. The highest BCUT2D eigenvalue weighted by Gasteiger charge is 2.27. The fraction of sp³-hybridized carbons (Fsp3) is 0.318. The number of hydrogen-bond acceptors (Lipinski definition) is 7. The molecular formula is C22H23N3O6S2. The zero-order valence-corrected chi connectivity index (χ0v) is 19.8. The van der Waals surface area contributed by atoms with E-state index in [9.17, 15) is 18.0 Å². The van der Waals surface area contributed by atoms with Crippen LogP contribution in [-0.4, -0.2) is 56.5 Å². The molecule has 2 heterocycles. The molecule has 0 N–H and O–H groups in total. The number of amides is 1. The molecule has 1 aliphatic heterocycles. The quantitative estimate of drug-likeness (QED) is 0.492. The van der Waals surface area contributed by atoms with E-state index in [-0.39, 0.29) is 17.0 Å². The summed E-state index contributed by atoms with van der Waals surface area (Å²) in [6.07, 6.45) is 1.70. The summed E-state index contributed by atoms with van der Waals surface area (Å²) in [5, 5.41) is 0. The third-order valence-corrected chi connectivity index (χ3v) is 8.36. The summed E-state index contributed by atoms with van der Waals surface area (Å²) in [5.41, 5.74) is 0.958.